The lowest BCUT2D eigenvalue weighted by Crippen LogP contribution is -2.19. The predicted molar refractivity (Wildman–Crippen MR) is 64.3 cm³/mol. The molecule has 0 aliphatic heterocycles. The van der Waals surface area contributed by atoms with E-state index < -0.39 is 0 Å². The second-order valence-corrected chi connectivity index (χ2v) is 3.70. The minimum Gasteiger partial charge on any atom is -0.377 e. The summed E-state index contributed by atoms with van der Waals surface area (Å²) < 4.78 is 5.49. The molecule has 2 nitrogen and oxygen atoms in total. The summed E-state index contributed by atoms with van der Waals surface area (Å²) in [5, 5.41) is 3.48. The van der Waals surface area contributed by atoms with Gasteiger partial charge in [-0.15, -0.1) is 12.4 Å². The molecular weight excluding hydrogens is 210 g/mol. The van der Waals surface area contributed by atoms with Crippen LogP contribution in [0.4, 0.5) is 0 Å². The molecule has 3 heteroatoms. The lowest BCUT2D eigenvalue weighted by molar-refractivity contribution is 0.125. The van der Waals surface area contributed by atoms with E-state index in [1.54, 1.807) is 0 Å². The van der Waals surface area contributed by atoms with Crippen molar-refractivity contribution < 1.29 is 4.74 Å². The van der Waals surface area contributed by atoms with Gasteiger partial charge >= 0.3 is 0 Å². The zero-order chi connectivity index (χ0) is 9.80. The van der Waals surface area contributed by atoms with Crippen molar-refractivity contribution in [3.05, 3.63) is 35.9 Å². The van der Waals surface area contributed by atoms with Crippen LogP contribution < -0.4 is 5.32 Å². The molecule has 1 aromatic carbocycles. The first-order valence-electron chi connectivity index (χ1n) is 5.29. The minimum absolute atomic E-state index is 0. The molecule has 2 unspecified atom stereocenters. The Morgan fingerprint density at radius 1 is 1.33 bits per heavy atom. The maximum atomic E-state index is 5.49. The Kier molecular flexibility index (Phi) is 5.09. The third-order valence-corrected chi connectivity index (χ3v) is 2.52. The summed E-state index contributed by atoms with van der Waals surface area (Å²) in [6, 6.07) is 11.1. The van der Waals surface area contributed by atoms with Gasteiger partial charge in [-0.1, -0.05) is 30.3 Å². The number of hydrogen-bond donors (Lipinski definition) is 1. The van der Waals surface area contributed by atoms with Crippen molar-refractivity contribution in [2.45, 2.75) is 32.0 Å². The van der Waals surface area contributed by atoms with Crippen LogP contribution in [-0.4, -0.2) is 18.8 Å². The highest BCUT2D eigenvalue weighted by molar-refractivity contribution is 5.85. The number of rotatable bonds is 5. The second-order valence-electron chi connectivity index (χ2n) is 3.70. The van der Waals surface area contributed by atoms with Gasteiger partial charge in [0.05, 0.1) is 6.10 Å². The fourth-order valence-corrected chi connectivity index (χ4v) is 1.63. The molecule has 1 saturated carbocycles. The van der Waals surface area contributed by atoms with Crippen molar-refractivity contribution in [2.24, 2.45) is 0 Å². The molecule has 1 fully saturated rings. The van der Waals surface area contributed by atoms with Gasteiger partial charge in [0.25, 0.3) is 0 Å². The topological polar surface area (TPSA) is 21.3 Å². The first kappa shape index (κ1) is 12.5. The molecule has 2 rings (SSSR count). The zero-order valence-corrected chi connectivity index (χ0v) is 9.80. The first-order chi connectivity index (χ1) is 6.90. The average molecular weight is 228 g/mol. The molecule has 0 heterocycles. The Morgan fingerprint density at radius 3 is 2.73 bits per heavy atom. The summed E-state index contributed by atoms with van der Waals surface area (Å²) >= 11 is 0. The van der Waals surface area contributed by atoms with E-state index in [2.05, 4.69) is 29.6 Å². The minimum atomic E-state index is 0. The van der Waals surface area contributed by atoms with E-state index in [0.29, 0.717) is 12.1 Å². The summed E-state index contributed by atoms with van der Waals surface area (Å²) in [5.41, 5.74) is 1.34. The van der Waals surface area contributed by atoms with Crippen LogP contribution in [0.2, 0.25) is 0 Å². The van der Waals surface area contributed by atoms with Crippen LogP contribution in [-0.2, 0) is 11.3 Å². The van der Waals surface area contributed by atoms with E-state index in [0.717, 1.165) is 13.2 Å². The Labute approximate surface area is 97.4 Å². The monoisotopic (exact) mass is 227 g/mol. The van der Waals surface area contributed by atoms with E-state index in [1.165, 1.54) is 12.0 Å². The fourth-order valence-electron chi connectivity index (χ4n) is 1.63. The molecule has 0 bridgehead atoms. The number of benzene rings is 1. The highest BCUT2D eigenvalue weighted by Gasteiger charge is 2.37. The molecular formula is C12H18ClNO. The first-order valence-corrected chi connectivity index (χ1v) is 5.29. The van der Waals surface area contributed by atoms with Crippen molar-refractivity contribution in [3.63, 3.8) is 0 Å². The summed E-state index contributed by atoms with van der Waals surface area (Å²) in [6.07, 6.45) is 1.63. The molecule has 84 valence electrons. The van der Waals surface area contributed by atoms with Gasteiger partial charge in [-0.3, -0.25) is 0 Å². The van der Waals surface area contributed by atoms with Crippen LogP contribution in [0.5, 0.6) is 0 Å². The third-order valence-electron chi connectivity index (χ3n) is 2.52. The van der Waals surface area contributed by atoms with Crippen LogP contribution in [0.1, 0.15) is 18.9 Å². The molecule has 1 aromatic rings. The molecule has 1 aliphatic carbocycles. The van der Waals surface area contributed by atoms with Gasteiger partial charge in [0, 0.05) is 19.2 Å². The SMILES string of the molecule is CCOC1CC1NCc1ccccc1.Cl. The second kappa shape index (κ2) is 6.11. The lowest BCUT2D eigenvalue weighted by atomic mass is 10.2. The van der Waals surface area contributed by atoms with E-state index >= 15 is 0 Å². The highest BCUT2D eigenvalue weighted by Crippen LogP contribution is 2.25. The van der Waals surface area contributed by atoms with Crippen molar-refractivity contribution in [1.82, 2.24) is 5.32 Å². The summed E-state index contributed by atoms with van der Waals surface area (Å²) in [5.74, 6) is 0. The van der Waals surface area contributed by atoms with E-state index in [4.69, 9.17) is 4.74 Å². The van der Waals surface area contributed by atoms with Gasteiger partial charge in [0.15, 0.2) is 0 Å². The van der Waals surface area contributed by atoms with Gasteiger partial charge < -0.3 is 10.1 Å². The molecule has 0 radical (unpaired) electrons. The van der Waals surface area contributed by atoms with Gasteiger partial charge in [-0.05, 0) is 18.9 Å². The maximum absolute atomic E-state index is 5.49. The molecule has 1 N–H and O–H groups in total. The van der Waals surface area contributed by atoms with E-state index in [9.17, 15) is 0 Å². The highest BCUT2D eigenvalue weighted by atomic mass is 35.5. The Bertz CT molecular complexity index is 278. The van der Waals surface area contributed by atoms with Gasteiger partial charge in [-0.25, -0.2) is 0 Å². The Balaban J connectivity index is 0.00000112. The predicted octanol–water partition coefficient (Wildman–Crippen LogP) is 2.38. The maximum Gasteiger partial charge on any atom is 0.0744 e. The lowest BCUT2D eigenvalue weighted by Gasteiger charge is -2.03. The molecule has 2 atom stereocenters. The van der Waals surface area contributed by atoms with Crippen molar-refractivity contribution in [1.29, 1.82) is 0 Å². The van der Waals surface area contributed by atoms with E-state index in [1.807, 2.05) is 13.0 Å². The molecule has 0 saturated heterocycles. The van der Waals surface area contributed by atoms with Gasteiger partial charge in [0.1, 0.15) is 0 Å². The van der Waals surface area contributed by atoms with Crippen LogP contribution in [0.25, 0.3) is 0 Å². The smallest absolute Gasteiger partial charge is 0.0744 e. The van der Waals surface area contributed by atoms with Crippen molar-refractivity contribution in [2.75, 3.05) is 6.61 Å². The van der Waals surface area contributed by atoms with E-state index in [-0.39, 0.29) is 12.4 Å². The van der Waals surface area contributed by atoms with Crippen molar-refractivity contribution in [3.8, 4) is 0 Å². The van der Waals surface area contributed by atoms with Gasteiger partial charge in [0.2, 0.25) is 0 Å². The van der Waals surface area contributed by atoms with Crippen LogP contribution >= 0.6 is 12.4 Å². The summed E-state index contributed by atoms with van der Waals surface area (Å²) in [4.78, 5) is 0. The summed E-state index contributed by atoms with van der Waals surface area (Å²) in [6.45, 7) is 3.83. The fraction of sp³-hybridized carbons (Fsp3) is 0.500. The molecule has 15 heavy (non-hydrogen) atoms. The number of ether oxygens (including phenoxy) is 1. The van der Waals surface area contributed by atoms with Crippen LogP contribution in [0, 0.1) is 0 Å². The van der Waals surface area contributed by atoms with Gasteiger partial charge in [-0.2, -0.15) is 0 Å². The number of nitrogens with one attached hydrogen (secondary N) is 1. The molecule has 0 amide bonds. The van der Waals surface area contributed by atoms with Crippen molar-refractivity contribution >= 4 is 12.4 Å². The third kappa shape index (κ3) is 3.82. The molecule has 0 aromatic heterocycles. The average Bonchev–Trinajstić information content (AvgIpc) is 2.96. The zero-order valence-electron chi connectivity index (χ0n) is 8.98. The quantitative estimate of drug-likeness (QED) is 0.834. The summed E-state index contributed by atoms with van der Waals surface area (Å²) in [7, 11) is 0. The standard InChI is InChI=1S/C12H17NO.ClH/c1-2-14-12-8-11(12)13-9-10-6-4-3-5-7-10;/h3-7,11-13H,2,8-9H2,1H3;1H. The number of halogens is 1. The van der Waals surface area contributed by atoms with Crippen LogP contribution in [0.3, 0.4) is 0 Å². The Morgan fingerprint density at radius 2 is 2.07 bits per heavy atom. The number of hydrogen-bond acceptors (Lipinski definition) is 2. The Hall–Kier alpha value is -0.570. The van der Waals surface area contributed by atoms with Crippen LogP contribution in [0.15, 0.2) is 30.3 Å². The normalized spacial score (nSPS) is 23.3. The molecule has 1 aliphatic rings. The largest absolute Gasteiger partial charge is 0.377 e. The molecule has 0 spiro atoms.